The molecule has 0 aliphatic rings. The molecule has 4 heteroatoms. The summed E-state index contributed by atoms with van der Waals surface area (Å²) < 4.78 is 0. The highest BCUT2D eigenvalue weighted by Gasteiger charge is 1.88. The van der Waals surface area contributed by atoms with Gasteiger partial charge >= 0.3 is 0 Å². The van der Waals surface area contributed by atoms with Crippen molar-refractivity contribution < 1.29 is 0 Å². The lowest BCUT2D eigenvalue weighted by Gasteiger charge is -2.00. The van der Waals surface area contributed by atoms with Crippen LogP contribution in [0.4, 0.5) is 0 Å². The van der Waals surface area contributed by atoms with Crippen LogP contribution in [0.2, 0.25) is 12.1 Å². The van der Waals surface area contributed by atoms with E-state index in [-0.39, 0.29) is 0 Å². The highest BCUT2D eigenvalue weighted by Crippen LogP contribution is 1.88. The summed E-state index contributed by atoms with van der Waals surface area (Å²) in [5, 5.41) is 3.28. The third kappa shape index (κ3) is 10.1. The van der Waals surface area contributed by atoms with Crippen molar-refractivity contribution in [3.63, 3.8) is 0 Å². The van der Waals surface area contributed by atoms with E-state index in [9.17, 15) is 0 Å². The lowest BCUT2D eigenvalue weighted by Crippen LogP contribution is -2.23. The molecule has 11 heavy (non-hydrogen) atoms. The maximum atomic E-state index is 5.37. The molecule has 0 fully saturated rings. The SMILES string of the molecule is NCCC[SiH]CCNCCN. The minimum absolute atomic E-state index is 0.628. The number of hydrogen-bond acceptors (Lipinski definition) is 3. The minimum Gasteiger partial charge on any atom is -0.330 e. The van der Waals surface area contributed by atoms with Gasteiger partial charge in [-0.1, -0.05) is 6.04 Å². The molecule has 0 aromatic carbocycles. The molecule has 0 saturated heterocycles. The minimum atomic E-state index is 0.628. The third-order valence-electron chi connectivity index (χ3n) is 1.46. The Hall–Kier alpha value is 0.0969. The fourth-order valence-electron chi connectivity index (χ4n) is 0.838. The van der Waals surface area contributed by atoms with Crippen LogP contribution in [0.1, 0.15) is 6.42 Å². The second-order valence-corrected chi connectivity index (χ2v) is 4.28. The molecular formula is C7H20N3Si. The van der Waals surface area contributed by atoms with Crippen LogP contribution in [0.25, 0.3) is 0 Å². The molecule has 3 nitrogen and oxygen atoms in total. The lowest BCUT2D eigenvalue weighted by molar-refractivity contribution is 0.722. The van der Waals surface area contributed by atoms with Gasteiger partial charge in [0.05, 0.1) is 0 Å². The zero-order valence-corrected chi connectivity index (χ0v) is 8.34. The van der Waals surface area contributed by atoms with E-state index < -0.39 is 0 Å². The predicted octanol–water partition coefficient (Wildman–Crippen LogP) is -0.843. The van der Waals surface area contributed by atoms with Gasteiger partial charge in [-0.2, -0.15) is 0 Å². The summed E-state index contributed by atoms with van der Waals surface area (Å²) in [7, 11) is 0.628. The molecule has 1 radical (unpaired) electrons. The zero-order valence-electron chi connectivity index (χ0n) is 7.18. The molecule has 0 aliphatic heterocycles. The molecule has 0 saturated carbocycles. The fourth-order valence-corrected chi connectivity index (χ4v) is 2.06. The number of nitrogens with two attached hydrogens (primary N) is 2. The normalized spacial score (nSPS) is 10.4. The average Bonchev–Trinajstić information content (AvgIpc) is 2.03. The van der Waals surface area contributed by atoms with Crippen LogP contribution >= 0.6 is 0 Å². The summed E-state index contributed by atoms with van der Waals surface area (Å²) in [5.74, 6) is 0. The second-order valence-electron chi connectivity index (χ2n) is 2.55. The van der Waals surface area contributed by atoms with Crippen molar-refractivity contribution in [2.75, 3.05) is 26.2 Å². The van der Waals surface area contributed by atoms with E-state index >= 15 is 0 Å². The Labute approximate surface area is 71.7 Å². The van der Waals surface area contributed by atoms with Gasteiger partial charge in [-0.3, -0.25) is 0 Å². The van der Waals surface area contributed by atoms with Crippen molar-refractivity contribution in [3.05, 3.63) is 0 Å². The molecule has 67 valence electrons. The standard InChI is InChI=1S/C7H20N3Si/c8-2-1-6-11-7-5-10-4-3-9/h10-11H,1-9H2. The molecule has 0 aromatic rings. The van der Waals surface area contributed by atoms with Crippen LogP contribution in [-0.2, 0) is 0 Å². The van der Waals surface area contributed by atoms with Crippen LogP contribution in [0.3, 0.4) is 0 Å². The Morgan fingerprint density at radius 2 is 1.82 bits per heavy atom. The average molecular weight is 174 g/mol. The quantitative estimate of drug-likeness (QED) is 0.332. The second kappa shape index (κ2) is 10.1. The first-order chi connectivity index (χ1) is 5.41. The summed E-state index contributed by atoms with van der Waals surface area (Å²) in [6, 6.07) is 2.68. The first kappa shape index (κ1) is 11.1. The van der Waals surface area contributed by atoms with Gasteiger partial charge in [0.1, 0.15) is 0 Å². The maximum absolute atomic E-state index is 5.37. The van der Waals surface area contributed by atoms with Crippen molar-refractivity contribution in [2.24, 2.45) is 11.5 Å². The largest absolute Gasteiger partial charge is 0.330 e. The fraction of sp³-hybridized carbons (Fsp3) is 1.00. The Morgan fingerprint density at radius 1 is 1.00 bits per heavy atom. The van der Waals surface area contributed by atoms with Crippen molar-refractivity contribution in [2.45, 2.75) is 18.5 Å². The molecular weight excluding hydrogens is 154 g/mol. The molecule has 0 heterocycles. The van der Waals surface area contributed by atoms with Gasteiger partial charge in [0.25, 0.3) is 0 Å². The summed E-state index contributed by atoms with van der Waals surface area (Å²) in [6.07, 6.45) is 1.20. The smallest absolute Gasteiger partial charge is 0.0294 e. The van der Waals surface area contributed by atoms with Gasteiger partial charge in [0.15, 0.2) is 0 Å². The van der Waals surface area contributed by atoms with Gasteiger partial charge < -0.3 is 16.8 Å². The van der Waals surface area contributed by atoms with Crippen molar-refractivity contribution in [3.8, 4) is 0 Å². The van der Waals surface area contributed by atoms with Crippen LogP contribution in [0.15, 0.2) is 0 Å². The predicted molar refractivity (Wildman–Crippen MR) is 52.4 cm³/mol. The molecule has 0 spiro atoms. The van der Waals surface area contributed by atoms with E-state index in [4.69, 9.17) is 11.5 Å². The van der Waals surface area contributed by atoms with E-state index in [2.05, 4.69) is 5.32 Å². The van der Waals surface area contributed by atoms with E-state index in [1.54, 1.807) is 0 Å². The van der Waals surface area contributed by atoms with Gasteiger partial charge in [0.2, 0.25) is 0 Å². The third-order valence-corrected chi connectivity index (χ3v) is 2.97. The summed E-state index contributed by atoms with van der Waals surface area (Å²) >= 11 is 0. The monoisotopic (exact) mass is 174 g/mol. The highest BCUT2D eigenvalue weighted by molar-refractivity contribution is 6.35. The van der Waals surface area contributed by atoms with Crippen molar-refractivity contribution in [1.82, 2.24) is 5.32 Å². The highest BCUT2D eigenvalue weighted by atomic mass is 28.2. The molecule has 0 aliphatic carbocycles. The first-order valence-electron chi connectivity index (χ1n) is 4.34. The van der Waals surface area contributed by atoms with Gasteiger partial charge in [-0.25, -0.2) is 0 Å². The first-order valence-corrected chi connectivity index (χ1v) is 5.97. The molecule has 0 rings (SSSR count). The number of hydrogen-bond donors (Lipinski definition) is 3. The maximum Gasteiger partial charge on any atom is 0.0294 e. The van der Waals surface area contributed by atoms with Gasteiger partial charge in [0, 0.05) is 22.6 Å². The van der Waals surface area contributed by atoms with Crippen LogP contribution in [0.5, 0.6) is 0 Å². The number of rotatable bonds is 8. The Bertz CT molecular complexity index is 62.7. The van der Waals surface area contributed by atoms with E-state index in [1.807, 2.05) is 0 Å². The van der Waals surface area contributed by atoms with E-state index in [0.717, 1.165) is 26.2 Å². The van der Waals surface area contributed by atoms with Gasteiger partial charge in [-0.15, -0.1) is 0 Å². The Morgan fingerprint density at radius 3 is 2.45 bits per heavy atom. The van der Waals surface area contributed by atoms with E-state index in [1.165, 1.54) is 18.5 Å². The summed E-state index contributed by atoms with van der Waals surface area (Å²) in [6.45, 7) is 3.69. The van der Waals surface area contributed by atoms with Crippen LogP contribution < -0.4 is 16.8 Å². The summed E-state index contributed by atoms with van der Waals surface area (Å²) in [4.78, 5) is 0. The molecule has 0 atom stereocenters. The zero-order chi connectivity index (χ0) is 8.36. The number of nitrogens with one attached hydrogen (secondary N) is 1. The molecule has 0 unspecified atom stereocenters. The molecule has 5 N–H and O–H groups in total. The summed E-state index contributed by atoms with van der Waals surface area (Å²) in [5.41, 5.74) is 10.7. The van der Waals surface area contributed by atoms with Gasteiger partial charge in [-0.05, 0) is 25.6 Å². The topological polar surface area (TPSA) is 64.1 Å². The lowest BCUT2D eigenvalue weighted by atomic mass is 10.5. The Balaban J connectivity index is 2.69. The van der Waals surface area contributed by atoms with E-state index in [0.29, 0.717) is 9.52 Å². The molecule has 0 aromatic heterocycles. The van der Waals surface area contributed by atoms with Crippen LogP contribution in [0, 0.1) is 0 Å². The van der Waals surface area contributed by atoms with Crippen molar-refractivity contribution in [1.29, 1.82) is 0 Å². The Kier molecular flexibility index (Phi) is 10.2. The van der Waals surface area contributed by atoms with Crippen molar-refractivity contribution >= 4 is 9.52 Å². The van der Waals surface area contributed by atoms with Crippen LogP contribution in [-0.4, -0.2) is 35.7 Å². The molecule has 0 amide bonds. The molecule has 0 bridgehead atoms.